The zero-order chi connectivity index (χ0) is 17.8. The van der Waals surface area contributed by atoms with Crippen molar-refractivity contribution in [1.29, 1.82) is 0 Å². The Bertz CT molecular complexity index is 744. The van der Waals surface area contributed by atoms with Gasteiger partial charge in [-0.05, 0) is 18.2 Å². The minimum absolute atomic E-state index is 0.00683. The van der Waals surface area contributed by atoms with E-state index in [0.29, 0.717) is 25.2 Å². The van der Waals surface area contributed by atoms with Crippen LogP contribution in [0.5, 0.6) is 0 Å². The Morgan fingerprint density at radius 3 is 2.84 bits per heavy atom. The molecule has 0 saturated carbocycles. The zero-order valence-electron chi connectivity index (χ0n) is 14.3. The lowest BCUT2D eigenvalue weighted by Gasteiger charge is -2.24. The lowest BCUT2D eigenvalue weighted by molar-refractivity contribution is -0.136. The lowest BCUT2D eigenvalue weighted by atomic mass is 10.2. The van der Waals surface area contributed by atoms with E-state index in [2.05, 4.69) is 14.8 Å². The number of aromatic nitrogens is 3. The molecule has 1 atom stereocenters. The summed E-state index contributed by atoms with van der Waals surface area (Å²) >= 11 is 0. The molecule has 1 unspecified atom stereocenters. The second kappa shape index (κ2) is 7.43. The topological polar surface area (TPSA) is 80.6 Å². The second-order valence-electron chi connectivity index (χ2n) is 6.19. The summed E-state index contributed by atoms with van der Waals surface area (Å²) in [6.45, 7) is 1.48. The maximum absolute atomic E-state index is 12.8. The number of carbonyl (C=O) groups excluding carboxylic acids is 2. The normalized spacial score (nSPS) is 16.9. The number of rotatable bonds is 4. The van der Waals surface area contributed by atoms with Gasteiger partial charge in [-0.1, -0.05) is 0 Å². The van der Waals surface area contributed by atoms with Crippen LogP contribution in [0, 0.1) is 0 Å². The fourth-order valence-electron chi connectivity index (χ4n) is 2.73. The molecule has 8 nitrogen and oxygen atoms in total. The number of likely N-dealkylation sites (N-methyl/N-ethyl adjacent to an activating group) is 1. The van der Waals surface area contributed by atoms with Crippen LogP contribution in [0.3, 0.4) is 0 Å². The molecule has 2 aromatic rings. The highest BCUT2D eigenvalue weighted by atomic mass is 16.5. The van der Waals surface area contributed by atoms with E-state index in [4.69, 9.17) is 4.74 Å². The van der Waals surface area contributed by atoms with Crippen LogP contribution in [0.15, 0.2) is 36.8 Å². The second-order valence-corrected chi connectivity index (χ2v) is 6.19. The molecule has 132 valence electrons. The van der Waals surface area contributed by atoms with E-state index < -0.39 is 0 Å². The van der Waals surface area contributed by atoms with Crippen LogP contribution >= 0.6 is 0 Å². The molecule has 0 spiro atoms. The van der Waals surface area contributed by atoms with E-state index >= 15 is 0 Å². The third kappa shape index (κ3) is 4.03. The van der Waals surface area contributed by atoms with Crippen LogP contribution in [0.1, 0.15) is 16.1 Å². The van der Waals surface area contributed by atoms with Crippen molar-refractivity contribution in [2.75, 3.05) is 27.2 Å². The number of amides is 2. The molecule has 1 aliphatic rings. The predicted octanol–water partition coefficient (Wildman–Crippen LogP) is 0.407. The fraction of sp³-hybridized carbons (Fsp3) is 0.412. The Balaban J connectivity index is 1.77. The maximum Gasteiger partial charge on any atom is 0.255 e. The molecular formula is C17H21N5O3. The van der Waals surface area contributed by atoms with Gasteiger partial charge in [-0.25, -0.2) is 0 Å². The lowest BCUT2D eigenvalue weighted by Crippen LogP contribution is -2.39. The highest BCUT2D eigenvalue weighted by Gasteiger charge is 2.26. The molecule has 2 aromatic heterocycles. The van der Waals surface area contributed by atoms with Crippen LogP contribution in [0.25, 0.3) is 0 Å². The van der Waals surface area contributed by atoms with Crippen LogP contribution < -0.4 is 0 Å². The third-order valence-corrected chi connectivity index (χ3v) is 4.16. The Kier molecular flexibility index (Phi) is 5.08. The van der Waals surface area contributed by atoms with Gasteiger partial charge in [0.25, 0.3) is 5.91 Å². The number of hydrogen-bond donors (Lipinski definition) is 0. The molecule has 0 saturated heterocycles. The molecule has 3 rings (SSSR count). The van der Waals surface area contributed by atoms with Crippen molar-refractivity contribution in [2.45, 2.75) is 19.2 Å². The molecule has 0 bridgehead atoms. The number of fused-ring (bicyclic) bond motifs is 1. The summed E-state index contributed by atoms with van der Waals surface area (Å²) in [5.74, 6) is -0.231. The first-order chi connectivity index (χ1) is 12.0. The van der Waals surface area contributed by atoms with Gasteiger partial charge in [0.05, 0.1) is 37.2 Å². The van der Waals surface area contributed by atoms with E-state index in [1.165, 1.54) is 17.3 Å². The average molecular weight is 343 g/mol. The van der Waals surface area contributed by atoms with Crippen LogP contribution in [-0.2, 0) is 22.6 Å². The molecule has 0 fully saturated rings. The summed E-state index contributed by atoms with van der Waals surface area (Å²) in [6.07, 6.45) is 4.65. The Morgan fingerprint density at radius 1 is 1.28 bits per heavy atom. The maximum atomic E-state index is 12.8. The summed E-state index contributed by atoms with van der Waals surface area (Å²) in [7, 11) is 3.38. The van der Waals surface area contributed by atoms with Crippen LogP contribution in [0.4, 0.5) is 0 Å². The molecule has 25 heavy (non-hydrogen) atoms. The molecule has 0 N–H and O–H groups in total. The van der Waals surface area contributed by atoms with Crippen LogP contribution in [0.2, 0.25) is 0 Å². The van der Waals surface area contributed by atoms with E-state index in [9.17, 15) is 9.59 Å². The monoisotopic (exact) mass is 343 g/mol. The summed E-state index contributed by atoms with van der Waals surface area (Å²) in [4.78, 5) is 27.8. The molecule has 2 amide bonds. The number of ether oxygens (including phenoxy) is 1. The molecule has 0 aromatic carbocycles. The smallest absolute Gasteiger partial charge is 0.255 e. The summed E-state index contributed by atoms with van der Waals surface area (Å²) in [5, 5.41) is 7.48. The summed E-state index contributed by atoms with van der Waals surface area (Å²) in [6, 6.07) is 5.57. The van der Waals surface area contributed by atoms with Gasteiger partial charge in [0.15, 0.2) is 0 Å². The Labute approximate surface area is 146 Å². The molecule has 0 aliphatic carbocycles. The SMILES string of the molecule is CN(C)C(=O)COC1CN(C(=O)c2ccnnc2)Cc2cccn2C1. The number of hydrogen-bond acceptors (Lipinski definition) is 5. The van der Waals surface area contributed by atoms with Gasteiger partial charge in [0, 0.05) is 32.5 Å². The van der Waals surface area contributed by atoms with Gasteiger partial charge in [-0.3, -0.25) is 9.59 Å². The van der Waals surface area contributed by atoms with E-state index in [-0.39, 0.29) is 24.5 Å². The van der Waals surface area contributed by atoms with Crippen molar-refractivity contribution in [3.05, 3.63) is 48.0 Å². The third-order valence-electron chi connectivity index (χ3n) is 4.16. The summed E-state index contributed by atoms with van der Waals surface area (Å²) < 4.78 is 7.85. The van der Waals surface area contributed by atoms with Crippen molar-refractivity contribution in [1.82, 2.24) is 24.6 Å². The van der Waals surface area contributed by atoms with Gasteiger partial charge in [-0.15, -0.1) is 0 Å². The molecule has 1 aliphatic heterocycles. The van der Waals surface area contributed by atoms with Gasteiger partial charge < -0.3 is 19.1 Å². The van der Waals surface area contributed by atoms with Gasteiger partial charge in [0.1, 0.15) is 6.61 Å². The van der Waals surface area contributed by atoms with E-state index in [1.807, 2.05) is 18.3 Å². The number of carbonyl (C=O) groups is 2. The van der Waals surface area contributed by atoms with Gasteiger partial charge in [-0.2, -0.15) is 10.2 Å². The first kappa shape index (κ1) is 17.1. The van der Waals surface area contributed by atoms with E-state index in [1.54, 1.807) is 25.1 Å². The number of nitrogens with zero attached hydrogens (tertiary/aromatic N) is 5. The summed E-state index contributed by atoms with van der Waals surface area (Å²) in [5.41, 5.74) is 1.51. The largest absolute Gasteiger partial charge is 0.365 e. The Morgan fingerprint density at radius 2 is 2.12 bits per heavy atom. The highest BCUT2D eigenvalue weighted by Crippen LogP contribution is 2.17. The Hall–Kier alpha value is -2.74. The molecule has 8 heteroatoms. The average Bonchev–Trinajstić information content (AvgIpc) is 2.97. The minimum Gasteiger partial charge on any atom is -0.365 e. The van der Waals surface area contributed by atoms with Crippen molar-refractivity contribution in [3.8, 4) is 0 Å². The molecule has 3 heterocycles. The van der Waals surface area contributed by atoms with Crippen molar-refractivity contribution in [3.63, 3.8) is 0 Å². The standard InChI is InChI=1S/C17H21N5O3/c1-20(2)16(23)12-25-15-10-21-7-3-4-14(21)9-22(11-15)17(24)13-5-6-18-19-8-13/h3-8,15H,9-12H2,1-2H3. The quantitative estimate of drug-likeness (QED) is 0.803. The van der Waals surface area contributed by atoms with Crippen LogP contribution in [-0.4, -0.2) is 69.7 Å². The van der Waals surface area contributed by atoms with Gasteiger partial charge in [0.2, 0.25) is 5.91 Å². The fourth-order valence-corrected chi connectivity index (χ4v) is 2.73. The predicted molar refractivity (Wildman–Crippen MR) is 89.6 cm³/mol. The van der Waals surface area contributed by atoms with Gasteiger partial charge >= 0.3 is 0 Å². The van der Waals surface area contributed by atoms with E-state index in [0.717, 1.165) is 5.69 Å². The molecular weight excluding hydrogens is 322 g/mol. The van der Waals surface area contributed by atoms with Crippen molar-refractivity contribution in [2.24, 2.45) is 0 Å². The van der Waals surface area contributed by atoms with Crippen molar-refractivity contribution < 1.29 is 14.3 Å². The zero-order valence-corrected chi connectivity index (χ0v) is 14.3. The first-order valence-electron chi connectivity index (χ1n) is 8.06. The first-order valence-corrected chi connectivity index (χ1v) is 8.06. The minimum atomic E-state index is -0.267. The molecule has 0 radical (unpaired) electrons. The van der Waals surface area contributed by atoms with Crippen molar-refractivity contribution >= 4 is 11.8 Å². The highest BCUT2D eigenvalue weighted by molar-refractivity contribution is 5.93.